The van der Waals surface area contributed by atoms with E-state index in [4.69, 9.17) is 0 Å². The molecule has 8 heteroatoms. The molecule has 3 rings (SSSR count). The van der Waals surface area contributed by atoms with Gasteiger partial charge in [0.15, 0.2) is 9.84 Å². The van der Waals surface area contributed by atoms with E-state index in [2.05, 4.69) is 15.2 Å². The van der Waals surface area contributed by atoms with Crippen molar-refractivity contribution in [2.45, 2.75) is 19.0 Å². The summed E-state index contributed by atoms with van der Waals surface area (Å²) in [6, 6.07) is 3.59. The van der Waals surface area contributed by atoms with Crippen molar-refractivity contribution in [2.24, 2.45) is 0 Å². The van der Waals surface area contributed by atoms with Gasteiger partial charge in [0.1, 0.15) is 0 Å². The molecule has 2 saturated heterocycles. The number of nitrogens with zero attached hydrogens (tertiary/aromatic N) is 3. The summed E-state index contributed by atoms with van der Waals surface area (Å²) in [5, 5.41) is 2.85. The molecule has 1 aromatic heterocycles. The lowest BCUT2D eigenvalue weighted by Crippen LogP contribution is -2.53. The molecular weight excluding hydrogens is 316 g/mol. The first-order chi connectivity index (χ1) is 11.0. The first kappa shape index (κ1) is 16.2. The van der Waals surface area contributed by atoms with Crippen molar-refractivity contribution < 1.29 is 13.2 Å². The SMILES string of the molecule is O=C(NC1CCS(=O)(=O)C1)N1CCN(Cc2cccnc2)CC1. The van der Waals surface area contributed by atoms with Gasteiger partial charge in [0, 0.05) is 51.2 Å². The van der Waals surface area contributed by atoms with Crippen molar-refractivity contribution in [3.63, 3.8) is 0 Å². The van der Waals surface area contributed by atoms with Crippen LogP contribution in [-0.4, -0.2) is 73.0 Å². The van der Waals surface area contributed by atoms with Crippen molar-refractivity contribution >= 4 is 15.9 Å². The van der Waals surface area contributed by atoms with Gasteiger partial charge in [0.2, 0.25) is 0 Å². The zero-order valence-corrected chi connectivity index (χ0v) is 13.8. The fraction of sp³-hybridized carbons (Fsp3) is 0.600. The first-order valence-corrected chi connectivity index (χ1v) is 9.71. The van der Waals surface area contributed by atoms with E-state index in [0.29, 0.717) is 19.5 Å². The zero-order valence-electron chi connectivity index (χ0n) is 13.0. The molecular formula is C15H22N4O3S. The average molecular weight is 338 g/mol. The van der Waals surface area contributed by atoms with Gasteiger partial charge in [-0.25, -0.2) is 13.2 Å². The van der Waals surface area contributed by atoms with Crippen LogP contribution in [0.2, 0.25) is 0 Å². The molecule has 1 atom stereocenters. The molecule has 0 saturated carbocycles. The largest absolute Gasteiger partial charge is 0.334 e. The molecule has 126 valence electrons. The Morgan fingerprint density at radius 3 is 2.70 bits per heavy atom. The summed E-state index contributed by atoms with van der Waals surface area (Å²) in [7, 11) is -2.96. The quantitative estimate of drug-likeness (QED) is 0.845. The summed E-state index contributed by atoms with van der Waals surface area (Å²) in [5.74, 6) is 0.247. The number of carbonyl (C=O) groups excluding carboxylic acids is 1. The number of pyridine rings is 1. The molecule has 1 unspecified atom stereocenters. The second kappa shape index (κ2) is 6.84. The van der Waals surface area contributed by atoms with Gasteiger partial charge in [-0.2, -0.15) is 0 Å². The Balaban J connectivity index is 1.44. The van der Waals surface area contributed by atoms with E-state index in [1.807, 2.05) is 18.3 Å². The lowest BCUT2D eigenvalue weighted by atomic mass is 10.2. The van der Waals surface area contributed by atoms with Crippen LogP contribution in [0.15, 0.2) is 24.5 Å². The number of piperazine rings is 1. The maximum Gasteiger partial charge on any atom is 0.317 e. The summed E-state index contributed by atoms with van der Waals surface area (Å²) >= 11 is 0. The Morgan fingerprint density at radius 2 is 2.09 bits per heavy atom. The van der Waals surface area contributed by atoms with Gasteiger partial charge in [-0.3, -0.25) is 9.88 Å². The number of rotatable bonds is 3. The standard InChI is InChI=1S/C15H22N4O3S/c20-15(17-14-3-9-23(21,22)12-14)19-7-5-18(6-8-19)11-13-2-1-4-16-10-13/h1-2,4,10,14H,3,5-9,11-12H2,(H,17,20). The maximum absolute atomic E-state index is 12.2. The lowest BCUT2D eigenvalue weighted by Gasteiger charge is -2.35. The van der Waals surface area contributed by atoms with E-state index >= 15 is 0 Å². The molecule has 1 N–H and O–H groups in total. The van der Waals surface area contributed by atoms with Gasteiger partial charge in [-0.1, -0.05) is 6.07 Å². The Bertz CT molecular complexity index is 642. The summed E-state index contributed by atoms with van der Waals surface area (Å²) < 4.78 is 22.9. The van der Waals surface area contributed by atoms with Crippen molar-refractivity contribution in [1.82, 2.24) is 20.1 Å². The Hall–Kier alpha value is -1.67. The minimum absolute atomic E-state index is 0.0692. The van der Waals surface area contributed by atoms with E-state index in [1.165, 1.54) is 5.56 Å². The fourth-order valence-electron chi connectivity index (χ4n) is 3.03. The molecule has 3 heterocycles. The van der Waals surface area contributed by atoms with Crippen LogP contribution in [0.3, 0.4) is 0 Å². The van der Waals surface area contributed by atoms with Gasteiger partial charge in [0.05, 0.1) is 11.5 Å². The third-order valence-corrected chi connectivity index (χ3v) is 6.12. The third kappa shape index (κ3) is 4.42. The molecule has 0 spiro atoms. The van der Waals surface area contributed by atoms with E-state index in [-0.39, 0.29) is 23.6 Å². The highest BCUT2D eigenvalue weighted by molar-refractivity contribution is 7.91. The molecule has 2 aliphatic heterocycles. The van der Waals surface area contributed by atoms with Crippen molar-refractivity contribution in [3.8, 4) is 0 Å². The average Bonchev–Trinajstić information content (AvgIpc) is 2.88. The van der Waals surface area contributed by atoms with Crippen molar-refractivity contribution in [3.05, 3.63) is 30.1 Å². The molecule has 0 aliphatic carbocycles. The highest BCUT2D eigenvalue weighted by atomic mass is 32.2. The topological polar surface area (TPSA) is 82.6 Å². The Labute approximate surface area is 136 Å². The zero-order chi connectivity index (χ0) is 16.3. The summed E-state index contributed by atoms with van der Waals surface area (Å²) in [5.41, 5.74) is 1.17. The minimum Gasteiger partial charge on any atom is -0.334 e. The van der Waals surface area contributed by atoms with Gasteiger partial charge < -0.3 is 10.2 Å². The van der Waals surface area contributed by atoms with Gasteiger partial charge in [-0.05, 0) is 18.1 Å². The number of carbonyl (C=O) groups is 1. The number of urea groups is 1. The van der Waals surface area contributed by atoms with Crippen LogP contribution in [-0.2, 0) is 16.4 Å². The molecule has 7 nitrogen and oxygen atoms in total. The predicted molar refractivity (Wildman–Crippen MR) is 86.7 cm³/mol. The van der Waals surface area contributed by atoms with Crippen molar-refractivity contribution in [2.75, 3.05) is 37.7 Å². The normalized spacial score (nSPS) is 24.5. The van der Waals surface area contributed by atoms with Crippen molar-refractivity contribution in [1.29, 1.82) is 0 Å². The molecule has 0 bridgehead atoms. The van der Waals surface area contributed by atoms with Crippen LogP contribution in [0.4, 0.5) is 4.79 Å². The number of sulfone groups is 1. The Kier molecular flexibility index (Phi) is 4.82. The van der Waals surface area contributed by atoms with E-state index < -0.39 is 9.84 Å². The summed E-state index contributed by atoms with van der Waals surface area (Å²) in [6.07, 6.45) is 4.14. The molecule has 2 amide bonds. The molecule has 0 aromatic carbocycles. The van der Waals surface area contributed by atoms with E-state index in [1.54, 1.807) is 11.1 Å². The van der Waals surface area contributed by atoms with Crippen LogP contribution < -0.4 is 5.32 Å². The molecule has 0 radical (unpaired) electrons. The number of hydrogen-bond donors (Lipinski definition) is 1. The predicted octanol–water partition coefficient (Wildman–Crippen LogP) is 0.0959. The summed E-state index contributed by atoms with van der Waals surface area (Å²) in [6.45, 7) is 3.78. The van der Waals surface area contributed by atoms with Gasteiger partial charge in [0.25, 0.3) is 0 Å². The second-order valence-electron chi connectivity index (χ2n) is 6.17. The summed E-state index contributed by atoms with van der Waals surface area (Å²) in [4.78, 5) is 20.4. The van der Waals surface area contributed by atoms with Crippen LogP contribution in [0.1, 0.15) is 12.0 Å². The third-order valence-electron chi connectivity index (χ3n) is 4.35. The fourth-order valence-corrected chi connectivity index (χ4v) is 4.71. The molecule has 23 heavy (non-hydrogen) atoms. The highest BCUT2D eigenvalue weighted by Gasteiger charge is 2.30. The number of aromatic nitrogens is 1. The van der Waals surface area contributed by atoms with Gasteiger partial charge >= 0.3 is 6.03 Å². The van der Waals surface area contributed by atoms with Gasteiger partial charge in [-0.15, -0.1) is 0 Å². The second-order valence-corrected chi connectivity index (χ2v) is 8.40. The number of nitrogens with one attached hydrogen (secondary N) is 1. The van der Waals surface area contributed by atoms with Crippen LogP contribution in [0, 0.1) is 0 Å². The monoisotopic (exact) mass is 338 g/mol. The molecule has 1 aromatic rings. The number of hydrogen-bond acceptors (Lipinski definition) is 5. The molecule has 2 fully saturated rings. The Morgan fingerprint density at radius 1 is 1.30 bits per heavy atom. The van der Waals surface area contributed by atoms with Crippen LogP contribution in [0.25, 0.3) is 0 Å². The van der Waals surface area contributed by atoms with E-state index in [0.717, 1.165) is 19.6 Å². The van der Waals surface area contributed by atoms with Crippen LogP contribution in [0.5, 0.6) is 0 Å². The van der Waals surface area contributed by atoms with Crippen LogP contribution >= 0.6 is 0 Å². The first-order valence-electron chi connectivity index (χ1n) is 7.89. The number of amides is 2. The highest BCUT2D eigenvalue weighted by Crippen LogP contribution is 2.13. The minimum atomic E-state index is -2.96. The lowest BCUT2D eigenvalue weighted by molar-refractivity contribution is 0.133. The molecule has 2 aliphatic rings. The smallest absolute Gasteiger partial charge is 0.317 e. The maximum atomic E-state index is 12.2. The van der Waals surface area contributed by atoms with E-state index in [9.17, 15) is 13.2 Å².